The molecule has 2 saturated heterocycles. The maximum Gasteiger partial charge on any atom is 0.344 e. The molecule has 13 heteroatoms. The van der Waals surface area contributed by atoms with Gasteiger partial charge in [-0.05, 0) is 26.7 Å². The van der Waals surface area contributed by atoms with E-state index in [-0.39, 0.29) is 30.3 Å². The largest absolute Gasteiger partial charge is 0.360 e. The second-order valence-corrected chi connectivity index (χ2v) is 10.5. The third-order valence-electron chi connectivity index (χ3n) is 6.37. The van der Waals surface area contributed by atoms with Crippen LogP contribution in [0.3, 0.4) is 0 Å². The van der Waals surface area contributed by atoms with Crippen LogP contribution >= 0.6 is 0 Å². The number of piperazine rings is 1. The lowest BCUT2D eigenvalue weighted by Gasteiger charge is -2.33. The highest BCUT2D eigenvalue weighted by atomic mass is 32.2. The minimum absolute atomic E-state index is 0.0523. The lowest BCUT2D eigenvalue weighted by molar-refractivity contribution is -0.140. The maximum atomic E-state index is 12.9. The van der Waals surface area contributed by atoms with Crippen molar-refractivity contribution in [2.45, 2.75) is 56.4 Å². The topological polar surface area (TPSA) is 145 Å². The highest BCUT2D eigenvalue weighted by Crippen LogP contribution is 2.33. The summed E-state index contributed by atoms with van der Waals surface area (Å²) in [4.78, 5) is 39.4. The molecule has 0 bridgehead atoms. The standard InChI is InChI=1S/C19H28N6O6S/c1-13-16(14(2)31-22-13)32(29,30)24-10-8-23(9-11-24)12-15(26)21-25-17(27)19(20-18(25)28)6-4-3-5-7-19/h3-12H2,1-2H3,(H,20,28)(H,21,26). The van der Waals surface area contributed by atoms with Gasteiger partial charge in [0.1, 0.15) is 16.1 Å². The highest BCUT2D eigenvalue weighted by molar-refractivity contribution is 7.89. The molecule has 1 spiro atoms. The number of aromatic nitrogens is 1. The summed E-state index contributed by atoms with van der Waals surface area (Å²) in [5.41, 5.74) is 1.83. The number of hydrazine groups is 1. The summed E-state index contributed by atoms with van der Waals surface area (Å²) in [6.07, 6.45) is 3.88. The Kier molecular flexibility index (Phi) is 5.98. The number of urea groups is 1. The minimum atomic E-state index is -3.74. The average molecular weight is 469 g/mol. The van der Waals surface area contributed by atoms with Crippen molar-refractivity contribution in [3.63, 3.8) is 0 Å². The van der Waals surface area contributed by atoms with E-state index in [1.165, 1.54) is 4.31 Å². The molecule has 12 nitrogen and oxygen atoms in total. The zero-order valence-electron chi connectivity index (χ0n) is 18.2. The molecule has 3 fully saturated rings. The van der Waals surface area contributed by atoms with Crippen LogP contribution in [-0.4, -0.2) is 83.9 Å². The van der Waals surface area contributed by atoms with Gasteiger partial charge in [0.15, 0.2) is 5.76 Å². The average Bonchev–Trinajstić information content (AvgIpc) is 3.20. The van der Waals surface area contributed by atoms with E-state index in [9.17, 15) is 22.8 Å². The first-order valence-electron chi connectivity index (χ1n) is 10.8. The molecule has 4 amide bonds. The van der Waals surface area contributed by atoms with E-state index in [1.807, 2.05) is 0 Å². The van der Waals surface area contributed by atoms with E-state index in [4.69, 9.17) is 4.52 Å². The molecule has 2 aliphatic heterocycles. The molecule has 2 N–H and O–H groups in total. The molecule has 1 aromatic rings. The smallest absolute Gasteiger partial charge is 0.344 e. The number of sulfonamides is 1. The van der Waals surface area contributed by atoms with Crippen molar-refractivity contribution in [2.75, 3.05) is 32.7 Å². The van der Waals surface area contributed by atoms with E-state index in [1.54, 1.807) is 18.7 Å². The SMILES string of the molecule is Cc1noc(C)c1S(=O)(=O)N1CCN(CC(=O)NN2C(=O)NC3(CCCCC3)C2=O)CC1. The Bertz CT molecular complexity index is 1000. The molecule has 1 aliphatic carbocycles. The van der Waals surface area contributed by atoms with Crippen LogP contribution in [0.25, 0.3) is 0 Å². The Labute approximate surface area is 186 Å². The molecule has 0 aromatic carbocycles. The fourth-order valence-electron chi connectivity index (χ4n) is 4.68. The third kappa shape index (κ3) is 3.99. The van der Waals surface area contributed by atoms with Gasteiger partial charge in [-0.1, -0.05) is 24.4 Å². The number of nitrogens with zero attached hydrogens (tertiary/aromatic N) is 4. The Morgan fingerprint density at radius 2 is 1.78 bits per heavy atom. The summed E-state index contributed by atoms with van der Waals surface area (Å²) < 4.78 is 32.1. The molecule has 3 aliphatic rings. The lowest BCUT2D eigenvalue weighted by Crippen LogP contribution is -2.54. The first kappa shape index (κ1) is 22.7. The summed E-state index contributed by atoms with van der Waals surface area (Å²) in [5, 5.41) is 7.24. The van der Waals surface area contributed by atoms with E-state index in [2.05, 4.69) is 15.9 Å². The predicted molar refractivity (Wildman–Crippen MR) is 111 cm³/mol. The summed E-state index contributed by atoms with van der Waals surface area (Å²) in [7, 11) is -3.74. The van der Waals surface area contributed by atoms with Crippen molar-refractivity contribution in [3.05, 3.63) is 11.5 Å². The van der Waals surface area contributed by atoms with E-state index < -0.39 is 33.4 Å². The molecule has 1 saturated carbocycles. The molecule has 0 radical (unpaired) electrons. The maximum absolute atomic E-state index is 12.9. The van der Waals surface area contributed by atoms with Gasteiger partial charge in [-0.3, -0.25) is 19.9 Å². The van der Waals surface area contributed by atoms with Crippen LogP contribution in [0.1, 0.15) is 43.6 Å². The summed E-state index contributed by atoms with van der Waals surface area (Å²) >= 11 is 0. The first-order valence-corrected chi connectivity index (χ1v) is 12.2. The molecular weight excluding hydrogens is 440 g/mol. The Hall–Kier alpha value is -2.51. The fraction of sp³-hybridized carbons (Fsp3) is 0.684. The van der Waals surface area contributed by atoms with Crippen LogP contribution < -0.4 is 10.7 Å². The highest BCUT2D eigenvalue weighted by Gasteiger charge is 2.52. The van der Waals surface area contributed by atoms with Crippen LogP contribution in [-0.2, 0) is 19.6 Å². The number of aryl methyl sites for hydroxylation is 2. The minimum Gasteiger partial charge on any atom is -0.360 e. The van der Waals surface area contributed by atoms with Gasteiger partial charge >= 0.3 is 6.03 Å². The van der Waals surface area contributed by atoms with Crippen LogP contribution in [0.4, 0.5) is 4.79 Å². The van der Waals surface area contributed by atoms with Gasteiger partial charge < -0.3 is 9.84 Å². The van der Waals surface area contributed by atoms with Gasteiger partial charge in [-0.2, -0.15) is 9.31 Å². The molecule has 0 atom stereocenters. The predicted octanol–water partition coefficient (Wildman–Crippen LogP) is -0.116. The van der Waals surface area contributed by atoms with Crippen LogP contribution in [0.5, 0.6) is 0 Å². The van der Waals surface area contributed by atoms with Crippen molar-refractivity contribution in [1.29, 1.82) is 0 Å². The van der Waals surface area contributed by atoms with Gasteiger partial charge in [-0.15, -0.1) is 0 Å². The van der Waals surface area contributed by atoms with Gasteiger partial charge in [0.2, 0.25) is 10.0 Å². The number of carbonyl (C=O) groups excluding carboxylic acids is 3. The van der Waals surface area contributed by atoms with Crippen molar-refractivity contribution in [1.82, 2.24) is 30.1 Å². The summed E-state index contributed by atoms with van der Waals surface area (Å²) in [5.74, 6) is -0.664. The fourth-order valence-corrected chi connectivity index (χ4v) is 6.39. The number of carbonyl (C=O) groups is 3. The first-order chi connectivity index (χ1) is 15.1. The number of hydrogen-bond acceptors (Lipinski definition) is 8. The number of nitrogens with one attached hydrogen (secondary N) is 2. The molecule has 0 unspecified atom stereocenters. The van der Waals surface area contributed by atoms with Crippen molar-refractivity contribution < 1.29 is 27.3 Å². The molecule has 32 heavy (non-hydrogen) atoms. The Morgan fingerprint density at radius 3 is 2.38 bits per heavy atom. The summed E-state index contributed by atoms with van der Waals surface area (Å²) in [6, 6.07) is -0.611. The Balaban J connectivity index is 1.31. The molecule has 4 rings (SSSR count). The zero-order valence-corrected chi connectivity index (χ0v) is 19.0. The van der Waals surface area contributed by atoms with Gasteiger partial charge in [-0.25, -0.2) is 13.2 Å². The second-order valence-electron chi connectivity index (χ2n) is 8.58. The molecule has 3 heterocycles. The van der Waals surface area contributed by atoms with Gasteiger partial charge in [0.25, 0.3) is 11.8 Å². The normalized spacial score (nSPS) is 22.4. The van der Waals surface area contributed by atoms with Gasteiger partial charge in [0.05, 0.1) is 6.54 Å². The molecule has 176 valence electrons. The number of rotatable bonds is 5. The summed E-state index contributed by atoms with van der Waals surface area (Å²) in [6.45, 7) is 4.15. The van der Waals surface area contributed by atoms with Crippen LogP contribution in [0.2, 0.25) is 0 Å². The zero-order chi connectivity index (χ0) is 23.1. The van der Waals surface area contributed by atoms with Crippen molar-refractivity contribution in [3.8, 4) is 0 Å². The number of hydrogen-bond donors (Lipinski definition) is 2. The quantitative estimate of drug-likeness (QED) is 0.569. The Morgan fingerprint density at radius 1 is 1.12 bits per heavy atom. The second kappa shape index (κ2) is 8.45. The molecule has 1 aromatic heterocycles. The van der Waals surface area contributed by atoms with E-state index in [0.29, 0.717) is 31.6 Å². The number of amides is 4. The number of imide groups is 1. The van der Waals surface area contributed by atoms with Crippen LogP contribution in [0.15, 0.2) is 9.42 Å². The lowest BCUT2D eigenvalue weighted by atomic mass is 9.82. The molecular formula is C19H28N6O6S. The van der Waals surface area contributed by atoms with E-state index in [0.717, 1.165) is 24.3 Å². The monoisotopic (exact) mass is 468 g/mol. The third-order valence-corrected chi connectivity index (χ3v) is 8.51. The van der Waals surface area contributed by atoms with Crippen molar-refractivity contribution in [2.24, 2.45) is 0 Å². The van der Waals surface area contributed by atoms with Crippen molar-refractivity contribution >= 4 is 27.9 Å². The van der Waals surface area contributed by atoms with Crippen LogP contribution in [0, 0.1) is 13.8 Å². The van der Waals surface area contributed by atoms with Gasteiger partial charge in [0, 0.05) is 26.2 Å². The van der Waals surface area contributed by atoms with E-state index >= 15 is 0 Å².